The summed E-state index contributed by atoms with van der Waals surface area (Å²) in [5.74, 6) is -1.03. The third-order valence-electron chi connectivity index (χ3n) is 3.11. The van der Waals surface area contributed by atoms with E-state index < -0.39 is 5.97 Å². The fraction of sp³-hybridized carbons (Fsp3) is 0.357. The van der Waals surface area contributed by atoms with Crippen molar-refractivity contribution in [3.05, 3.63) is 39.6 Å². The van der Waals surface area contributed by atoms with E-state index in [0.717, 1.165) is 22.1 Å². The molecule has 0 radical (unpaired) electrons. The van der Waals surface area contributed by atoms with Gasteiger partial charge in [0.2, 0.25) is 0 Å². The number of aromatic carboxylic acids is 1. The number of halogens is 1. The predicted molar refractivity (Wildman–Crippen MR) is 79.5 cm³/mol. The van der Waals surface area contributed by atoms with Gasteiger partial charge in [-0.1, -0.05) is 41.9 Å². The van der Waals surface area contributed by atoms with E-state index in [1.807, 2.05) is 32.0 Å². The smallest absolute Gasteiger partial charge is 0.358 e. The second-order valence-corrected chi connectivity index (χ2v) is 5.74. The van der Waals surface area contributed by atoms with Crippen LogP contribution in [0.5, 0.6) is 0 Å². The van der Waals surface area contributed by atoms with Crippen molar-refractivity contribution >= 4 is 21.9 Å². The molecule has 1 N–H and O–H groups in total. The van der Waals surface area contributed by atoms with E-state index in [4.69, 9.17) is 0 Å². The molecule has 2 rings (SSSR count). The molecule has 1 heterocycles. The van der Waals surface area contributed by atoms with Crippen molar-refractivity contribution in [2.45, 2.75) is 33.1 Å². The van der Waals surface area contributed by atoms with Crippen LogP contribution >= 0.6 is 15.9 Å². The van der Waals surface area contributed by atoms with Crippen LogP contribution in [-0.4, -0.2) is 26.1 Å². The SMILES string of the molecule is CCc1cc(Br)ccc1-n1nnc(C(=O)O)c1C(C)C. The van der Waals surface area contributed by atoms with Crippen LogP contribution in [0.1, 0.15) is 48.4 Å². The summed E-state index contributed by atoms with van der Waals surface area (Å²) in [6.07, 6.45) is 0.828. The molecule has 106 valence electrons. The van der Waals surface area contributed by atoms with Gasteiger partial charge in [-0.3, -0.25) is 0 Å². The molecular formula is C14H16BrN3O2. The number of aromatic nitrogens is 3. The summed E-state index contributed by atoms with van der Waals surface area (Å²) in [6.45, 7) is 5.92. The molecule has 2 aromatic rings. The maximum Gasteiger partial charge on any atom is 0.358 e. The van der Waals surface area contributed by atoms with Crippen molar-refractivity contribution in [2.24, 2.45) is 0 Å². The summed E-state index contributed by atoms with van der Waals surface area (Å²) >= 11 is 3.45. The molecule has 0 bridgehead atoms. The highest BCUT2D eigenvalue weighted by atomic mass is 79.9. The van der Waals surface area contributed by atoms with Gasteiger partial charge in [0.15, 0.2) is 5.69 Å². The van der Waals surface area contributed by atoms with E-state index in [1.54, 1.807) is 4.68 Å². The molecule has 0 fully saturated rings. The zero-order valence-electron chi connectivity index (χ0n) is 11.6. The summed E-state index contributed by atoms with van der Waals surface area (Å²) in [6, 6.07) is 5.86. The highest BCUT2D eigenvalue weighted by Gasteiger charge is 2.23. The maximum atomic E-state index is 11.3. The zero-order valence-corrected chi connectivity index (χ0v) is 13.2. The van der Waals surface area contributed by atoms with Gasteiger partial charge in [-0.05, 0) is 36.1 Å². The summed E-state index contributed by atoms with van der Waals surface area (Å²) < 4.78 is 2.63. The van der Waals surface area contributed by atoms with Crippen LogP contribution in [0.15, 0.2) is 22.7 Å². The maximum absolute atomic E-state index is 11.3. The zero-order chi connectivity index (χ0) is 14.9. The third kappa shape index (κ3) is 2.60. The predicted octanol–water partition coefficient (Wildman–Crippen LogP) is 3.41. The monoisotopic (exact) mass is 337 g/mol. The number of rotatable bonds is 4. The molecule has 0 amide bonds. The first kappa shape index (κ1) is 14.7. The van der Waals surface area contributed by atoms with Gasteiger partial charge in [0.05, 0.1) is 11.4 Å². The standard InChI is InChI=1S/C14H16BrN3O2/c1-4-9-7-10(15)5-6-11(9)18-13(8(2)3)12(14(19)20)16-17-18/h5-8H,4H2,1-3H3,(H,19,20). The van der Waals surface area contributed by atoms with Gasteiger partial charge >= 0.3 is 5.97 Å². The van der Waals surface area contributed by atoms with Crippen molar-refractivity contribution in [1.29, 1.82) is 0 Å². The molecule has 0 aliphatic rings. The molecule has 0 saturated heterocycles. The first-order valence-corrected chi connectivity index (χ1v) is 7.22. The summed E-state index contributed by atoms with van der Waals surface area (Å²) in [4.78, 5) is 11.3. The normalized spacial score (nSPS) is 11.1. The fourth-order valence-electron chi connectivity index (χ4n) is 2.18. The number of nitrogens with zero attached hydrogens (tertiary/aromatic N) is 3. The van der Waals surface area contributed by atoms with Crippen molar-refractivity contribution in [2.75, 3.05) is 0 Å². The third-order valence-corrected chi connectivity index (χ3v) is 3.60. The Balaban J connectivity index is 2.67. The van der Waals surface area contributed by atoms with E-state index in [2.05, 4.69) is 33.2 Å². The van der Waals surface area contributed by atoms with Crippen LogP contribution in [-0.2, 0) is 6.42 Å². The van der Waals surface area contributed by atoms with Crippen LogP contribution in [0.3, 0.4) is 0 Å². The Labute approximate surface area is 125 Å². The Morgan fingerprint density at radius 1 is 1.45 bits per heavy atom. The Kier molecular flexibility index (Phi) is 4.23. The molecule has 1 aromatic heterocycles. The highest BCUT2D eigenvalue weighted by Crippen LogP contribution is 2.25. The first-order valence-electron chi connectivity index (χ1n) is 6.43. The van der Waals surface area contributed by atoms with Crippen molar-refractivity contribution in [3.63, 3.8) is 0 Å². The first-order chi connectivity index (χ1) is 9.45. The molecule has 0 unspecified atom stereocenters. The minimum atomic E-state index is -1.05. The largest absolute Gasteiger partial charge is 0.476 e. The molecule has 0 saturated carbocycles. The molecule has 0 aliphatic heterocycles. The number of hydrogen-bond acceptors (Lipinski definition) is 3. The van der Waals surface area contributed by atoms with E-state index >= 15 is 0 Å². The molecule has 0 atom stereocenters. The van der Waals surface area contributed by atoms with Crippen LogP contribution in [0.4, 0.5) is 0 Å². The number of aryl methyl sites for hydroxylation is 1. The Hall–Kier alpha value is -1.69. The number of carbonyl (C=O) groups is 1. The van der Waals surface area contributed by atoms with Crippen LogP contribution in [0, 0.1) is 0 Å². The molecule has 5 nitrogen and oxygen atoms in total. The number of benzene rings is 1. The summed E-state index contributed by atoms with van der Waals surface area (Å²) in [7, 11) is 0. The molecular weight excluding hydrogens is 322 g/mol. The molecule has 1 aromatic carbocycles. The summed E-state index contributed by atoms with van der Waals surface area (Å²) in [5, 5.41) is 17.1. The van der Waals surface area contributed by atoms with Gasteiger partial charge in [0.25, 0.3) is 0 Å². The topological polar surface area (TPSA) is 68.0 Å². The van der Waals surface area contributed by atoms with Crippen LogP contribution in [0.25, 0.3) is 5.69 Å². The minimum Gasteiger partial charge on any atom is -0.476 e. The lowest BCUT2D eigenvalue weighted by atomic mass is 10.1. The van der Waals surface area contributed by atoms with Gasteiger partial charge in [-0.2, -0.15) is 0 Å². The van der Waals surface area contributed by atoms with E-state index in [1.165, 1.54) is 0 Å². The Bertz CT molecular complexity index is 650. The lowest BCUT2D eigenvalue weighted by Gasteiger charge is -2.13. The van der Waals surface area contributed by atoms with Crippen molar-refractivity contribution < 1.29 is 9.90 Å². The minimum absolute atomic E-state index is 0.0180. The van der Waals surface area contributed by atoms with Gasteiger partial charge < -0.3 is 5.11 Å². The lowest BCUT2D eigenvalue weighted by molar-refractivity contribution is 0.0688. The van der Waals surface area contributed by atoms with E-state index in [0.29, 0.717) is 5.69 Å². The Morgan fingerprint density at radius 2 is 2.15 bits per heavy atom. The van der Waals surface area contributed by atoms with Crippen molar-refractivity contribution in [1.82, 2.24) is 15.0 Å². The number of hydrogen-bond donors (Lipinski definition) is 1. The van der Waals surface area contributed by atoms with E-state index in [9.17, 15) is 9.90 Å². The number of carboxylic acids is 1. The molecule has 0 aliphatic carbocycles. The highest BCUT2D eigenvalue weighted by molar-refractivity contribution is 9.10. The quantitative estimate of drug-likeness (QED) is 0.928. The lowest BCUT2D eigenvalue weighted by Crippen LogP contribution is -2.10. The number of carboxylic acid groups (broad SMARTS) is 1. The van der Waals surface area contributed by atoms with Crippen LogP contribution < -0.4 is 0 Å². The molecule has 0 spiro atoms. The van der Waals surface area contributed by atoms with Crippen LogP contribution in [0.2, 0.25) is 0 Å². The van der Waals surface area contributed by atoms with Gasteiger partial charge in [0, 0.05) is 4.47 Å². The Morgan fingerprint density at radius 3 is 2.70 bits per heavy atom. The average molecular weight is 338 g/mol. The second-order valence-electron chi connectivity index (χ2n) is 4.82. The van der Waals surface area contributed by atoms with E-state index in [-0.39, 0.29) is 11.6 Å². The second kappa shape index (κ2) is 5.75. The molecule has 6 heteroatoms. The molecule has 20 heavy (non-hydrogen) atoms. The van der Waals surface area contributed by atoms with Crippen molar-refractivity contribution in [3.8, 4) is 5.69 Å². The fourth-order valence-corrected chi connectivity index (χ4v) is 2.59. The van der Waals surface area contributed by atoms with Gasteiger partial charge in [-0.25, -0.2) is 9.48 Å². The van der Waals surface area contributed by atoms with Gasteiger partial charge in [0.1, 0.15) is 0 Å². The summed E-state index contributed by atoms with van der Waals surface area (Å²) in [5.41, 5.74) is 2.60. The average Bonchev–Trinajstić information content (AvgIpc) is 2.83. The van der Waals surface area contributed by atoms with Gasteiger partial charge in [-0.15, -0.1) is 5.10 Å².